The molecule has 0 saturated carbocycles. The van der Waals surface area contributed by atoms with Crippen LogP contribution in [0.2, 0.25) is 0 Å². The Labute approximate surface area is 120 Å². The van der Waals surface area contributed by atoms with Crippen molar-refractivity contribution in [2.75, 3.05) is 19.8 Å². The Hall–Kier alpha value is -0.450. The second-order valence-corrected chi connectivity index (χ2v) is 6.47. The molecular formula is C15H26N2OS. The lowest BCUT2D eigenvalue weighted by Crippen LogP contribution is -2.35. The van der Waals surface area contributed by atoms with E-state index < -0.39 is 0 Å². The lowest BCUT2D eigenvalue weighted by Gasteiger charge is -2.27. The van der Waals surface area contributed by atoms with Gasteiger partial charge in [0.1, 0.15) is 0 Å². The topological polar surface area (TPSA) is 34.2 Å². The van der Waals surface area contributed by atoms with Crippen LogP contribution in [-0.2, 0) is 11.2 Å². The van der Waals surface area contributed by atoms with Crippen molar-refractivity contribution in [2.24, 2.45) is 5.92 Å². The smallest absolute Gasteiger partial charge is 0.0943 e. The molecule has 0 bridgehead atoms. The van der Waals surface area contributed by atoms with E-state index in [1.54, 1.807) is 11.3 Å². The Bertz CT molecular complexity index is 361. The van der Waals surface area contributed by atoms with Crippen LogP contribution in [0.3, 0.4) is 0 Å². The van der Waals surface area contributed by atoms with Gasteiger partial charge in [-0.3, -0.25) is 0 Å². The minimum Gasteiger partial charge on any atom is -0.381 e. The van der Waals surface area contributed by atoms with Gasteiger partial charge in [0.15, 0.2) is 0 Å². The highest BCUT2D eigenvalue weighted by Crippen LogP contribution is 2.22. The first-order valence-electron chi connectivity index (χ1n) is 7.50. The number of aromatic nitrogens is 1. The highest BCUT2D eigenvalue weighted by atomic mass is 32.1. The third-order valence-corrected chi connectivity index (χ3v) is 4.72. The third-order valence-electron chi connectivity index (χ3n) is 3.73. The summed E-state index contributed by atoms with van der Waals surface area (Å²) in [6, 6.07) is 0.577. The maximum atomic E-state index is 5.45. The van der Waals surface area contributed by atoms with E-state index in [2.05, 4.69) is 29.5 Å². The summed E-state index contributed by atoms with van der Waals surface area (Å²) in [5.74, 6) is 0.823. The molecule has 2 heterocycles. The minimum absolute atomic E-state index is 0.577. The number of nitrogens with one attached hydrogen (secondary N) is 1. The van der Waals surface area contributed by atoms with Crippen LogP contribution in [0.4, 0.5) is 0 Å². The largest absolute Gasteiger partial charge is 0.381 e. The van der Waals surface area contributed by atoms with Gasteiger partial charge in [0.2, 0.25) is 0 Å². The lowest BCUT2D eigenvalue weighted by atomic mass is 9.91. The molecule has 1 atom stereocenters. The summed E-state index contributed by atoms with van der Waals surface area (Å²) in [6.45, 7) is 7.31. The van der Waals surface area contributed by atoms with Crippen molar-refractivity contribution in [3.05, 3.63) is 16.1 Å². The molecule has 4 heteroatoms. The van der Waals surface area contributed by atoms with Gasteiger partial charge in [-0.05, 0) is 45.1 Å². The van der Waals surface area contributed by atoms with Crippen molar-refractivity contribution in [3.8, 4) is 0 Å². The van der Waals surface area contributed by atoms with E-state index in [4.69, 9.17) is 4.74 Å². The summed E-state index contributed by atoms with van der Waals surface area (Å²) < 4.78 is 5.45. The molecule has 0 radical (unpaired) electrons. The first kappa shape index (κ1) is 14.9. The van der Waals surface area contributed by atoms with Gasteiger partial charge in [-0.1, -0.05) is 6.92 Å². The normalized spacial score (nSPS) is 18.6. The van der Waals surface area contributed by atoms with Gasteiger partial charge in [0.25, 0.3) is 0 Å². The number of thiazole rings is 1. The number of ether oxygens (including phenoxy) is 1. The number of nitrogens with zero attached hydrogens (tertiary/aromatic N) is 1. The fourth-order valence-electron chi connectivity index (χ4n) is 2.68. The molecule has 2 rings (SSSR count). The summed E-state index contributed by atoms with van der Waals surface area (Å²) in [4.78, 5) is 4.61. The fraction of sp³-hybridized carbons (Fsp3) is 0.800. The predicted molar refractivity (Wildman–Crippen MR) is 80.8 cm³/mol. The molecular weight excluding hydrogens is 256 g/mol. The van der Waals surface area contributed by atoms with E-state index in [1.807, 2.05) is 0 Å². The second-order valence-electron chi connectivity index (χ2n) is 5.53. The molecule has 1 N–H and O–H groups in total. The molecule has 1 fully saturated rings. The van der Waals surface area contributed by atoms with Gasteiger partial charge in [-0.25, -0.2) is 4.98 Å². The van der Waals surface area contributed by atoms with Crippen molar-refractivity contribution in [1.29, 1.82) is 0 Å². The van der Waals surface area contributed by atoms with E-state index in [0.717, 1.165) is 37.8 Å². The zero-order valence-corrected chi connectivity index (χ0v) is 13.0. The molecule has 0 aliphatic carbocycles. The van der Waals surface area contributed by atoms with Crippen LogP contribution in [0.15, 0.2) is 5.38 Å². The van der Waals surface area contributed by atoms with Crippen LogP contribution in [0, 0.1) is 12.8 Å². The van der Waals surface area contributed by atoms with Gasteiger partial charge < -0.3 is 10.1 Å². The second kappa shape index (κ2) is 7.98. The van der Waals surface area contributed by atoms with Crippen LogP contribution in [0.1, 0.15) is 43.3 Å². The quantitative estimate of drug-likeness (QED) is 0.834. The Morgan fingerprint density at radius 3 is 2.89 bits per heavy atom. The summed E-state index contributed by atoms with van der Waals surface area (Å²) in [7, 11) is 0. The molecule has 1 aliphatic heterocycles. The molecule has 1 saturated heterocycles. The molecule has 1 unspecified atom stereocenters. The first-order chi connectivity index (χ1) is 9.28. The van der Waals surface area contributed by atoms with Gasteiger partial charge >= 0.3 is 0 Å². The van der Waals surface area contributed by atoms with Crippen molar-refractivity contribution in [3.63, 3.8) is 0 Å². The van der Waals surface area contributed by atoms with Crippen molar-refractivity contribution < 1.29 is 4.74 Å². The molecule has 0 amide bonds. The van der Waals surface area contributed by atoms with E-state index in [1.165, 1.54) is 30.7 Å². The number of aryl methyl sites for hydroxylation is 1. The fourth-order valence-corrected chi connectivity index (χ4v) is 3.53. The molecule has 0 spiro atoms. The van der Waals surface area contributed by atoms with Crippen LogP contribution in [0.25, 0.3) is 0 Å². The highest BCUT2D eigenvalue weighted by Gasteiger charge is 2.20. The summed E-state index contributed by atoms with van der Waals surface area (Å²) in [6.07, 6.45) is 5.99. The molecule has 1 aromatic heterocycles. The minimum atomic E-state index is 0.577. The zero-order chi connectivity index (χ0) is 13.5. The Kier molecular flexibility index (Phi) is 6.28. The molecule has 19 heavy (non-hydrogen) atoms. The molecule has 1 aliphatic rings. The number of hydrogen-bond acceptors (Lipinski definition) is 4. The zero-order valence-electron chi connectivity index (χ0n) is 12.2. The first-order valence-corrected chi connectivity index (χ1v) is 8.38. The SMILES string of the molecule is CCCNC(Cc1nc(C)cs1)CC1CCOCC1. The Morgan fingerprint density at radius 1 is 1.47 bits per heavy atom. The van der Waals surface area contributed by atoms with Gasteiger partial charge in [0.05, 0.1) is 5.01 Å². The molecule has 1 aromatic rings. The third kappa shape index (κ3) is 5.21. The summed E-state index contributed by atoms with van der Waals surface area (Å²) >= 11 is 1.80. The number of hydrogen-bond donors (Lipinski definition) is 1. The van der Waals surface area contributed by atoms with Gasteiger partial charge in [0, 0.05) is 36.8 Å². The van der Waals surface area contributed by atoms with Crippen LogP contribution in [0.5, 0.6) is 0 Å². The van der Waals surface area contributed by atoms with E-state index in [0.29, 0.717) is 6.04 Å². The van der Waals surface area contributed by atoms with Crippen molar-refractivity contribution in [1.82, 2.24) is 10.3 Å². The predicted octanol–water partition coefficient (Wildman–Crippen LogP) is 3.18. The Balaban J connectivity index is 1.86. The summed E-state index contributed by atoms with van der Waals surface area (Å²) in [5, 5.41) is 7.13. The van der Waals surface area contributed by atoms with Crippen LogP contribution in [-0.4, -0.2) is 30.8 Å². The molecule has 0 aromatic carbocycles. The lowest BCUT2D eigenvalue weighted by molar-refractivity contribution is 0.0605. The van der Waals surface area contributed by atoms with E-state index in [9.17, 15) is 0 Å². The summed E-state index contributed by atoms with van der Waals surface area (Å²) in [5.41, 5.74) is 1.15. The standard InChI is InChI=1S/C15H26N2OS/c1-3-6-16-14(9-13-4-7-18-8-5-13)10-15-17-12(2)11-19-15/h11,13-14,16H,3-10H2,1-2H3. The molecule has 108 valence electrons. The van der Waals surface area contributed by atoms with E-state index in [-0.39, 0.29) is 0 Å². The monoisotopic (exact) mass is 282 g/mol. The van der Waals surface area contributed by atoms with Crippen molar-refractivity contribution >= 4 is 11.3 Å². The van der Waals surface area contributed by atoms with Gasteiger partial charge in [-0.15, -0.1) is 11.3 Å². The van der Waals surface area contributed by atoms with Crippen molar-refractivity contribution in [2.45, 2.75) is 52.0 Å². The van der Waals surface area contributed by atoms with Gasteiger partial charge in [-0.2, -0.15) is 0 Å². The molecule has 3 nitrogen and oxygen atoms in total. The maximum absolute atomic E-state index is 5.45. The maximum Gasteiger partial charge on any atom is 0.0943 e. The Morgan fingerprint density at radius 2 is 2.26 bits per heavy atom. The van der Waals surface area contributed by atoms with Crippen LogP contribution < -0.4 is 5.32 Å². The number of rotatable bonds is 7. The average Bonchev–Trinajstić information content (AvgIpc) is 2.82. The highest BCUT2D eigenvalue weighted by molar-refractivity contribution is 7.09. The van der Waals surface area contributed by atoms with E-state index >= 15 is 0 Å². The average molecular weight is 282 g/mol. The van der Waals surface area contributed by atoms with Crippen LogP contribution >= 0.6 is 11.3 Å².